The summed E-state index contributed by atoms with van der Waals surface area (Å²) >= 11 is 0. The fraction of sp³-hybridized carbons (Fsp3) is 0.125. The van der Waals surface area contributed by atoms with Crippen LogP contribution >= 0.6 is 0 Å². The highest BCUT2D eigenvalue weighted by Gasteiger charge is 2.24. The molecule has 1 aliphatic rings. The lowest BCUT2D eigenvalue weighted by Gasteiger charge is -2.14. The molecule has 23 heavy (non-hydrogen) atoms. The van der Waals surface area contributed by atoms with E-state index in [2.05, 4.69) is 0 Å². The van der Waals surface area contributed by atoms with Crippen molar-refractivity contribution in [2.24, 2.45) is 0 Å². The molecule has 2 aromatic rings. The molecule has 1 aliphatic heterocycles. The van der Waals surface area contributed by atoms with Gasteiger partial charge in [0.25, 0.3) is 5.91 Å². The van der Waals surface area contributed by atoms with Gasteiger partial charge in [-0.3, -0.25) is 14.9 Å². The first-order chi connectivity index (χ1) is 11.1. The molecule has 2 N–H and O–H groups in total. The van der Waals surface area contributed by atoms with Crippen LogP contribution in [0.4, 0.5) is 14.9 Å². The largest absolute Gasteiger partial charge is 0.447 e. The number of cyclic esters (lactones) is 1. The number of nitrogens with zero attached hydrogens (tertiary/aromatic N) is 1. The van der Waals surface area contributed by atoms with E-state index in [4.69, 9.17) is 9.94 Å². The van der Waals surface area contributed by atoms with Crippen molar-refractivity contribution in [1.29, 1.82) is 0 Å². The summed E-state index contributed by atoms with van der Waals surface area (Å²) < 4.78 is 19.2. The molecule has 2 amide bonds. The zero-order valence-electron chi connectivity index (χ0n) is 12.0. The van der Waals surface area contributed by atoms with E-state index in [1.54, 1.807) is 24.3 Å². The smallest absolute Gasteiger partial charge is 0.414 e. The highest BCUT2D eigenvalue weighted by Crippen LogP contribution is 2.28. The van der Waals surface area contributed by atoms with E-state index in [0.29, 0.717) is 23.4 Å². The van der Waals surface area contributed by atoms with Crippen molar-refractivity contribution in [1.82, 2.24) is 5.48 Å². The predicted octanol–water partition coefficient (Wildman–Crippen LogP) is 2.57. The van der Waals surface area contributed by atoms with E-state index >= 15 is 0 Å². The molecule has 0 aliphatic carbocycles. The molecule has 1 heterocycles. The fourth-order valence-electron chi connectivity index (χ4n) is 2.40. The molecule has 0 bridgehead atoms. The molecule has 6 nitrogen and oxygen atoms in total. The van der Waals surface area contributed by atoms with Crippen molar-refractivity contribution in [2.75, 3.05) is 18.1 Å². The summed E-state index contributed by atoms with van der Waals surface area (Å²) in [7, 11) is 0. The number of anilines is 1. The maximum Gasteiger partial charge on any atom is 0.414 e. The number of hydrogen-bond acceptors (Lipinski definition) is 4. The summed E-state index contributed by atoms with van der Waals surface area (Å²) in [6.07, 6.45) is -0.489. The molecule has 0 atom stereocenters. The summed E-state index contributed by atoms with van der Waals surface area (Å²) in [5.74, 6) is -1.12. The molecule has 0 unspecified atom stereocenters. The average Bonchev–Trinajstić information content (AvgIpc) is 3.00. The minimum absolute atomic E-state index is 0.257. The lowest BCUT2D eigenvalue weighted by atomic mass is 10.0. The van der Waals surface area contributed by atoms with Gasteiger partial charge in [0.05, 0.1) is 12.2 Å². The first-order valence-electron chi connectivity index (χ1n) is 6.89. The Morgan fingerprint density at radius 3 is 2.52 bits per heavy atom. The van der Waals surface area contributed by atoms with Gasteiger partial charge in [-0.2, -0.15) is 0 Å². The standard InChI is InChI=1S/C16H13FN2O4/c17-14-9-12(19-7-8-23-16(19)21)5-6-13(14)10-1-3-11(4-2-10)15(20)18-22/h1-6,9,22H,7-8H2,(H,18,20). The van der Waals surface area contributed by atoms with Gasteiger partial charge < -0.3 is 4.74 Å². The molecule has 1 saturated heterocycles. The Kier molecular flexibility index (Phi) is 3.94. The summed E-state index contributed by atoms with van der Waals surface area (Å²) in [5, 5.41) is 8.57. The third-order valence-electron chi connectivity index (χ3n) is 3.58. The van der Waals surface area contributed by atoms with E-state index in [9.17, 15) is 14.0 Å². The number of ether oxygens (including phenoxy) is 1. The van der Waals surface area contributed by atoms with Gasteiger partial charge in [-0.05, 0) is 35.9 Å². The van der Waals surface area contributed by atoms with E-state index in [-0.39, 0.29) is 12.2 Å². The SMILES string of the molecule is O=C(NO)c1ccc(-c2ccc(N3CCOC3=O)cc2F)cc1. The van der Waals surface area contributed by atoms with Crippen LogP contribution in [0.1, 0.15) is 10.4 Å². The number of halogens is 1. The Morgan fingerprint density at radius 2 is 1.96 bits per heavy atom. The van der Waals surface area contributed by atoms with Crippen LogP contribution in [0.3, 0.4) is 0 Å². The maximum absolute atomic E-state index is 14.3. The lowest BCUT2D eigenvalue weighted by Crippen LogP contribution is -2.23. The van der Waals surface area contributed by atoms with Gasteiger partial charge >= 0.3 is 6.09 Å². The molecule has 0 radical (unpaired) electrons. The van der Waals surface area contributed by atoms with Gasteiger partial charge in [-0.1, -0.05) is 12.1 Å². The van der Waals surface area contributed by atoms with Crippen LogP contribution in [-0.2, 0) is 4.74 Å². The zero-order valence-corrected chi connectivity index (χ0v) is 12.0. The van der Waals surface area contributed by atoms with Gasteiger partial charge in [0.15, 0.2) is 0 Å². The highest BCUT2D eigenvalue weighted by molar-refractivity contribution is 5.94. The number of rotatable bonds is 3. The molecule has 7 heteroatoms. The molecular weight excluding hydrogens is 303 g/mol. The summed E-state index contributed by atoms with van der Waals surface area (Å²) in [5.41, 5.74) is 3.15. The monoisotopic (exact) mass is 316 g/mol. The van der Waals surface area contributed by atoms with Gasteiger partial charge in [-0.15, -0.1) is 0 Å². The third-order valence-corrected chi connectivity index (χ3v) is 3.58. The van der Waals surface area contributed by atoms with E-state index < -0.39 is 17.8 Å². The van der Waals surface area contributed by atoms with Crippen molar-refractivity contribution in [2.45, 2.75) is 0 Å². The van der Waals surface area contributed by atoms with Crippen molar-refractivity contribution < 1.29 is 23.9 Å². The van der Waals surface area contributed by atoms with Gasteiger partial charge in [0.1, 0.15) is 12.4 Å². The number of amides is 2. The summed E-state index contributed by atoms with van der Waals surface area (Å²) in [6.45, 7) is 0.680. The van der Waals surface area contributed by atoms with Gasteiger partial charge in [-0.25, -0.2) is 14.7 Å². The number of nitrogens with one attached hydrogen (secondary N) is 1. The van der Waals surface area contributed by atoms with Crippen molar-refractivity contribution in [3.63, 3.8) is 0 Å². The van der Waals surface area contributed by atoms with E-state index in [1.807, 2.05) is 0 Å². The molecule has 0 spiro atoms. The second-order valence-electron chi connectivity index (χ2n) is 4.95. The number of benzene rings is 2. The van der Waals surface area contributed by atoms with Crippen LogP contribution in [0, 0.1) is 5.82 Å². The Morgan fingerprint density at radius 1 is 1.22 bits per heavy atom. The topological polar surface area (TPSA) is 78.9 Å². The minimum atomic E-state index is -0.639. The number of carbonyl (C=O) groups excluding carboxylic acids is 2. The zero-order chi connectivity index (χ0) is 16.4. The Labute approximate surface area is 131 Å². The Balaban J connectivity index is 1.88. The molecular formula is C16H13FN2O4. The number of hydrogen-bond donors (Lipinski definition) is 2. The minimum Gasteiger partial charge on any atom is -0.447 e. The fourth-order valence-corrected chi connectivity index (χ4v) is 2.40. The second kappa shape index (κ2) is 6.05. The Hall–Kier alpha value is -2.93. The molecule has 1 fully saturated rings. The van der Waals surface area contributed by atoms with Crippen molar-refractivity contribution in [3.05, 3.63) is 53.8 Å². The molecule has 3 rings (SSSR count). The van der Waals surface area contributed by atoms with Crippen LogP contribution in [0.25, 0.3) is 11.1 Å². The molecule has 0 saturated carbocycles. The Bertz CT molecular complexity index is 761. The van der Waals surface area contributed by atoms with Crippen molar-refractivity contribution >= 4 is 17.7 Å². The van der Waals surface area contributed by atoms with E-state index in [1.165, 1.54) is 28.6 Å². The van der Waals surface area contributed by atoms with Crippen molar-refractivity contribution in [3.8, 4) is 11.1 Å². The first-order valence-corrected chi connectivity index (χ1v) is 6.89. The van der Waals surface area contributed by atoms with Gasteiger partial charge in [0, 0.05) is 11.1 Å². The second-order valence-corrected chi connectivity index (χ2v) is 4.95. The average molecular weight is 316 g/mol. The molecule has 0 aromatic heterocycles. The molecule has 118 valence electrons. The predicted molar refractivity (Wildman–Crippen MR) is 79.8 cm³/mol. The van der Waals surface area contributed by atoms with Crippen LogP contribution in [0.5, 0.6) is 0 Å². The maximum atomic E-state index is 14.3. The van der Waals surface area contributed by atoms with Crippen LogP contribution < -0.4 is 10.4 Å². The van der Waals surface area contributed by atoms with Crippen LogP contribution in [0.15, 0.2) is 42.5 Å². The summed E-state index contributed by atoms with van der Waals surface area (Å²) in [4.78, 5) is 24.1. The van der Waals surface area contributed by atoms with Gasteiger partial charge in [0.2, 0.25) is 0 Å². The van der Waals surface area contributed by atoms with Crippen LogP contribution in [0.2, 0.25) is 0 Å². The van der Waals surface area contributed by atoms with Crippen LogP contribution in [-0.4, -0.2) is 30.4 Å². The van der Waals surface area contributed by atoms with E-state index in [0.717, 1.165) is 0 Å². The number of hydroxylamine groups is 1. The third kappa shape index (κ3) is 2.86. The highest BCUT2D eigenvalue weighted by atomic mass is 19.1. The molecule has 2 aromatic carbocycles. The summed E-state index contributed by atoms with van der Waals surface area (Å²) in [6, 6.07) is 10.6. The quantitative estimate of drug-likeness (QED) is 0.674. The number of carbonyl (C=O) groups is 2. The first kappa shape index (κ1) is 15.0. The normalized spacial score (nSPS) is 13.8. The lowest BCUT2D eigenvalue weighted by molar-refractivity contribution is 0.0706.